The van der Waals surface area contributed by atoms with Crippen molar-refractivity contribution in [3.63, 3.8) is 0 Å². The van der Waals surface area contributed by atoms with Gasteiger partial charge in [0.1, 0.15) is 0 Å². The standard InChI is InChI=1S/C17H19N3O/c1-10-4-6-15(12(3)19-10)17(21)20-11(2)8-13-9-14(18)5-7-16(13)20/h4-7,9,11H,8,18H2,1-3H3. The van der Waals surface area contributed by atoms with E-state index in [1.54, 1.807) is 0 Å². The van der Waals surface area contributed by atoms with Crippen molar-refractivity contribution in [3.8, 4) is 0 Å². The van der Waals surface area contributed by atoms with E-state index in [1.165, 1.54) is 0 Å². The van der Waals surface area contributed by atoms with Crippen molar-refractivity contribution in [1.29, 1.82) is 0 Å². The van der Waals surface area contributed by atoms with Crippen LogP contribution in [0.3, 0.4) is 0 Å². The minimum atomic E-state index is 0.0102. The van der Waals surface area contributed by atoms with Crippen LogP contribution in [0.15, 0.2) is 30.3 Å². The van der Waals surface area contributed by atoms with E-state index in [0.717, 1.165) is 34.7 Å². The van der Waals surface area contributed by atoms with Crippen molar-refractivity contribution in [2.45, 2.75) is 33.2 Å². The van der Waals surface area contributed by atoms with Gasteiger partial charge >= 0.3 is 0 Å². The minimum Gasteiger partial charge on any atom is -0.399 e. The van der Waals surface area contributed by atoms with Gasteiger partial charge in [0.15, 0.2) is 0 Å². The molecule has 1 amide bonds. The molecule has 0 saturated carbocycles. The molecule has 1 aromatic heterocycles. The molecule has 0 bridgehead atoms. The zero-order valence-electron chi connectivity index (χ0n) is 12.6. The summed E-state index contributed by atoms with van der Waals surface area (Å²) in [5.74, 6) is 0.0102. The number of nitrogens with zero attached hydrogens (tertiary/aromatic N) is 2. The van der Waals surface area contributed by atoms with Crippen molar-refractivity contribution < 1.29 is 4.79 Å². The lowest BCUT2D eigenvalue weighted by atomic mass is 10.1. The third-order valence-electron chi connectivity index (χ3n) is 3.99. The highest BCUT2D eigenvalue weighted by molar-refractivity contribution is 6.08. The molecule has 4 nitrogen and oxygen atoms in total. The molecule has 0 radical (unpaired) electrons. The third kappa shape index (κ3) is 2.27. The first kappa shape index (κ1) is 13.6. The van der Waals surface area contributed by atoms with Crippen LogP contribution in [-0.4, -0.2) is 16.9 Å². The summed E-state index contributed by atoms with van der Waals surface area (Å²) in [5.41, 5.74) is 11.0. The smallest absolute Gasteiger partial charge is 0.260 e. The Kier molecular flexibility index (Phi) is 3.16. The summed E-state index contributed by atoms with van der Waals surface area (Å²) >= 11 is 0. The maximum Gasteiger partial charge on any atom is 0.260 e. The number of benzene rings is 1. The molecule has 21 heavy (non-hydrogen) atoms. The number of anilines is 2. The number of rotatable bonds is 1. The molecule has 0 aliphatic carbocycles. The van der Waals surface area contributed by atoms with E-state index in [2.05, 4.69) is 11.9 Å². The fourth-order valence-corrected chi connectivity index (χ4v) is 3.00. The molecule has 108 valence electrons. The van der Waals surface area contributed by atoms with E-state index in [9.17, 15) is 4.79 Å². The number of aromatic nitrogens is 1. The second-order valence-electron chi connectivity index (χ2n) is 5.70. The molecule has 0 fully saturated rings. The lowest BCUT2D eigenvalue weighted by Gasteiger charge is -2.23. The fraction of sp³-hybridized carbons (Fsp3) is 0.294. The predicted molar refractivity (Wildman–Crippen MR) is 84.5 cm³/mol. The number of carbonyl (C=O) groups is 1. The van der Waals surface area contributed by atoms with Crippen LogP contribution in [0.5, 0.6) is 0 Å². The van der Waals surface area contributed by atoms with Crippen LogP contribution in [-0.2, 0) is 6.42 Å². The topological polar surface area (TPSA) is 59.2 Å². The first-order chi connectivity index (χ1) is 9.97. The van der Waals surface area contributed by atoms with Crippen molar-refractivity contribution >= 4 is 17.3 Å². The lowest BCUT2D eigenvalue weighted by molar-refractivity contribution is 0.0980. The van der Waals surface area contributed by atoms with E-state index in [0.29, 0.717) is 5.56 Å². The van der Waals surface area contributed by atoms with Gasteiger partial charge in [-0.25, -0.2) is 0 Å². The second kappa shape index (κ2) is 4.88. The molecule has 1 atom stereocenters. The number of nitrogen functional groups attached to an aromatic ring is 1. The van der Waals surface area contributed by atoms with Gasteiger partial charge in [-0.15, -0.1) is 0 Å². The van der Waals surface area contributed by atoms with Gasteiger partial charge in [-0.2, -0.15) is 0 Å². The van der Waals surface area contributed by atoms with Crippen LogP contribution in [0, 0.1) is 13.8 Å². The van der Waals surface area contributed by atoms with Gasteiger partial charge in [0.05, 0.1) is 11.3 Å². The van der Waals surface area contributed by atoms with Crippen molar-refractivity contribution in [3.05, 3.63) is 52.8 Å². The van der Waals surface area contributed by atoms with Gasteiger partial charge in [0.25, 0.3) is 5.91 Å². The van der Waals surface area contributed by atoms with E-state index < -0.39 is 0 Å². The molecular weight excluding hydrogens is 262 g/mol. The Bertz CT molecular complexity index is 724. The van der Waals surface area contributed by atoms with Crippen LogP contribution in [0.2, 0.25) is 0 Å². The molecule has 1 aromatic carbocycles. The molecule has 1 aliphatic rings. The number of nitrogens with two attached hydrogens (primary N) is 1. The minimum absolute atomic E-state index is 0.0102. The van der Waals surface area contributed by atoms with Crippen LogP contribution in [0.4, 0.5) is 11.4 Å². The normalized spacial score (nSPS) is 16.9. The molecule has 0 saturated heterocycles. The maximum atomic E-state index is 12.9. The quantitative estimate of drug-likeness (QED) is 0.818. The Balaban J connectivity index is 2.03. The van der Waals surface area contributed by atoms with Gasteiger partial charge in [0.2, 0.25) is 0 Å². The SMILES string of the molecule is Cc1ccc(C(=O)N2c3ccc(N)cc3CC2C)c(C)n1. The summed E-state index contributed by atoms with van der Waals surface area (Å²) in [6, 6.07) is 9.61. The van der Waals surface area contributed by atoms with Gasteiger partial charge in [0, 0.05) is 23.1 Å². The van der Waals surface area contributed by atoms with E-state index >= 15 is 0 Å². The number of hydrogen-bond acceptors (Lipinski definition) is 3. The van der Waals surface area contributed by atoms with Gasteiger partial charge in [-0.1, -0.05) is 0 Å². The Morgan fingerprint density at radius 1 is 1.29 bits per heavy atom. The van der Waals surface area contributed by atoms with Crippen LogP contribution in [0.25, 0.3) is 0 Å². The molecule has 3 rings (SSSR count). The second-order valence-corrected chi connectivity index (χ2v) is 5.70. The molecule has 1 unspecified atom stereocenters. The molecule has 2 N–H and O–H groups in total. The van der Waals surface area contributed by atoms with Crippen LogP contribution in [0.1, 0.15) is 34.2 Å². The number of fused-ring (bicyclic) bond motifs is 1. The first-order valence-electron chi connectivity index (χ1n) is 7.13. The van der Waals surface area contributed by atoms with E-state index in [1.807, 2.05) is 49.1 Å². The molecule has 0 spiro atoms. The number of amides is 1. The average molecular weight is 281 g/mol. The summed E-state index contributed by atoms with van der Waals surface area (Å²) < 4.78 is 0. The Hall–Kier alpha value is -2.36. The monoisotopic (exact) mass is 281 g/mol. The fourth-order valence-electron chi connectivity index (χ4n) is 3.00. The highest BCUT2D eigenvalue weighted by Gasteiger charge is 2.32. The zero-order valence-corrected chi connectivity index (χ0v) is 12.6. The Labute approximate surface area is 124 Å². The summed E-state index contributed by atoms with van der Waals surface area (Å²) in [5, 5.41) is 0. The van der Waals surface area contributed by atoms with Gasteiger partial charge < -0.3 is 10.6 Å². The number of pyridine rings is 1. The zero-order chi connectivity index (χ0) is 15.1. The maximum absolute atomic E-state index is 12.9. The molecule has 2 aromatic rings. The van der Waals surface area contributed by atoms with Crippen LogP contribution >= 0.6 is 0 Å². The number of hydrogen-bond donors (Lipinski definition) is 1. The summed E-state index contributed by atoms with van der Waals surface area (Å²) in [6.07, 6.45) is 0.838. The summed E-state index contributed by atoms with van der Waals surface area (Å²) in [6.45, 7) is 5.87. The van der Waals surface area contributed by atoms with Crippen molar-refractivity contribution in [2.75, 3.05) is 10.6 Å². The average Bonchev–Trinajstić information content (AvgIpc) is 2.73. The van der Waals surface area contributed by atoms with Crippen molar-refractivity contribution in [2.24, 2.45) is 0 Å². The van der Waals surface area contributed by atoms with E-state index in [-0.39, 0.29) is 11.9 Å². The highest BCUT2D eigenvalue weighted by atomic mass is 16.2. The number of carbonyl (C=O) groups excluding carboxylic acids is 1. The van der Waals surface area contributed by atoms with Crippen LogP contribution < -0.4 is 10.6 Å². The molecule has 4 heteroatoms. The molecule has 1 aliphatic heterocycles. The van der Waals surface area contributed by atoms with Crippen molar-refractivity contribution in [1.82, 2.24) is 4.98 Å². The number of aryl methyl sites for hydroxylation is 2. The molecular formula is C17H19N3O. The highest BCUT2D eigenvalue weighted by Crippen LogP contribution is 2.34. The Morgan fingerprint density at radius 2 is 2.05 bits per heavy atom. The largest absolute Gasteiger partial charge is 0.399 e. The van der Waals surface area contributed by atoms with Gasteiger partial charge in [-0.05, 0) is 63.1 Å². The summed E-state index contributed by atoms with van der Waals surface area (Å²) in [4.78, 5) is 19.1. The first-order valence-corrected chi connectivity index (χ1v) is 7.13. The molecule has 2 heterocycles. The third-order valence-corrected chi connectivity index (χ3v) is 3.99. The summed E-state index contributed by atoms with van der Waals surface area (Å²) in [7, 11) is 0. The lowest BCUT2D eigenvalue weighted by Crippen LogP contribution is -2.36. The Morgan fingerprint density at radius 3 is 2.76 bits per heavy atom. The predicted octanol–water partition coefficient (Wildman–Crippen LogP) is 2.87. The van der Waals surface area contributed by atoms with E-state index in [4.69, 9.17) is 5.73 Å². The van der Waals surface area contributed by atoms with Gasteiger partial charge in [-0.3, -0.25) is 9.78 Å².